The van der Waals surface area contributed by atoms with E-state index in [0.717, 1.165) is 15.6 Å². The zero-order valence-electron chi connectivity index (χ0n) is 14.0. The highest BCUT2D eigenvalue weighted by Crippen LogP contribution is 2.33. The maximum absolute atomic E-state index is 13.5. The van der Waals surface area contributed by atoms with Crippen LogP contribution in [0.2, 0.25) is 0 Å². The number of hydrogen-bond acceptors (Lipinski definition) is 4. The summed E-state index contributed by atoms with van der Waals surface area (Å²) in [4.78, 5) is 26.3. The quantitative estimate of drug-likeness (QED) is 0.881. The highest BCUT2D eigenvalue weighted by atomic mass is 32.1. The lowest BCUT2D eigenvalue weighted by atomic mass is 10.1. The van der Waals surface area contributed by atoms with E-state index in [1.165, 1.54) is 23.5 Å². The maximum Gasteiger partial charge on any atom is 0.305 e. The van der Waals surface area contributed by atoms with Crippen molar-refractivity contribution in [3.8, 4) is 0 Å². The molecule has 1 saturated heterocycles. The Bertz CT molecular complexity index is 798. The lowest BCUT2D eigenvalue weighted by Crippen LogP contribution is -2.44. The molecule has 1 N–H and O–H groups in total. The van der Waals surface area contributed by atoms with Gasteiger partial charge in [-0.1, -0.05) is 0 Å². The zero-order chi connectivity index (χ0) is 18.0. The molecular formula is C18H20FNO4S. The number of carboxylic acid groups (broad SMARTS) is 1. The molecule has 1 amide bonds. The standard InChI is InChI=1S/C18H20FNO4S/c1-11-14-10-12(19)2-3-15(14)25-17(11)18(23)20(7-4-16(21)22)13-5-8-24-9-6-13/h2-3,10,13H,4-9H2,1H3,(H,21,22). The van der Waals surface area contributed by atoms with Crippen LogP contribution in [0.3, 0.4) is 0 Å². The fraction of sp³-hybridized carbons (Fsp3) is 0.444. The number of amides is 1. The van der Waals surface area contributed by atoms with E-state index < -0.39 is 5.97 Å². The third kappa shape index (κ3) is 3.82. The van der Waals surface area contributed by atoms with Gasteiger partial charge in [-0.05, 0) is 48.9 Å². The number of carbonyl (C=O) groups excluding carboxylic acids is 1. The van der Waals surface area contributed by atoms with Crippen molar-refractivity contribution >= 4 is 33.3 Å². The van der Waals surface area contributed by atoms with Crippen LogP contribution in [-0.2, 0) is 9.53 Å². The van der Waals surface area contributed by atoms with Crippen LogP contribution in [-0.4, -0.2) is 47.7 Å². The van der Waals surface area contributed by atoms with Gasteiger partial charge in [0.2, 0.25) is 0 Å². The predicted molar refractivity (Wildman–Crippen MR) is 93.7 cm³/mol. The smallest absolute Gasteiger partial charge is 0.305 e. The van der Waals surface area contributed by atoms with Gasteiger partial charge in [-0.2, -0.15) is 0 Å². The van der Waals surface area contributed by atoms with Crippen molar-refractivity contribution in [3.63, 3.8) is 0 Å². The fourth-order valence-corrected chi connectivity index (χ4v) is 4.34. The maximum atomic E-state index is 13.5. The molecule has 3 rings (SSSR count). The molecule has 1 aromatic heterocycles. The molecule has 2 aromatic rings. The minimum Gasteiger partial charge on any atom is -0.481 e. The van der Waals surface area contributed by atoms with Gasteiger partial charge in [-0.25, -0.2) is 4.39 Å². The normalized spacial score (nSPS) is 15.4. The van der Waals surface area contributed by atoms with Gasteiger partial charge < -0.3 is 14.7 Å². The summed E-state index contributed by atoms with van der Waals surface area (Å²) < 4.78 is 19.7. The monoisotopic (exact) mass is 365 g/mol. The second kappa shape index (κ2) is 7.49. The molecular weight excluding hydrogens is 345 g/mol. The first kappa shape index (κ1) is 17.8. The number of carboxylic acids is 1. The summed E-state index contributed by atoms with van der Waals surface area (Å²) in [7, 11) is 0. The van der Waals surface area contributed by atoms with Crippen molar-refractivity contribution in [3.05, 3.63) is 34.5 Å². The third-order valence-electron chi connectivity index (χ3n) is 4.55. The Hall–Kier alpha value is -1.99. The Morgan fingerprint density at radius 2 is 2.08 bits per heavy atom. The van der Waals surface area contributed by atoms with Crippen molar-refractivity contribution < 1.29 is 23.8 Å². The van der Waals surface area contributed by atoms with E-state index in [4.69, 9.17) is 9.84 Å². The SMILES string of the molecule is Cc1c(C(=O)N(CCC(=O)O)C2CCOCC2)sc2ccc(F)cc12. The number of ether oxygens (including phenoxy) is 1. The topological polar surface area (TPSA) is 66.8 Å². The molecule has 0 unspecified atom stereocenters. The predicted octanol–water partition coefficient (Wildman–Crippen LogP) is 3.44. The van der Waals surface area contributed by atoms with Gasteiger partial charge in [-0.3, -0.25) is 9.59 Å². The summed E-state index contributed by atoms with van der Waals surface area (Å²) in [6.07, 6.45) is 1.30. The van der Waals surface area contributed by atoms with Crippen molar-refractivity contribution in [2.45, 2.75) is 32.2 Å². The summed E-state index contributed by atoms with van der Waals surface area (Å²) >= 11 is 1.33. The minimum absolute atomic E-state index is 0.0260. The van der Waals surface area contributed by atoms with E-state index >= 15 is 0 Å². The Balaban J connectivity index is 1.93. The van der Waals surface area contributed by atoms with Crippen LogP contribution in [0.4, 0.5) is 4.39 Å². The van der Waals surface area contributed by atoms with Crippen LogP contribution in [0.5, 0.6) is 0 Å². The largest absolute Gasteiger partial charge is 0.481 e. The Labute approximate surface area is 149 Å². The van der Waals surface area contributed by atoms with Crippen molar-refractivity contribution in [1.82, 2.24) is 4.90 Å². The van der Waals surface area contributed by atoms with Gasteiger partial charge in [-0.15, -0.1) is 11.3 Å². The first-order chi connectivity index (χ1) is 12.0. The highest BCUT2D eigenvalue weighted by molar-refractivity contribution is 7.21. The molecule has 0 saturated carbocycles. The van der Waals surface area contributed by atoms with Gasteiger partial charge in [0.15, 0.2) is 0 Å². The third-order valence-corrected chi connectivity index (χ3v) is 5.81. The molecule has 0 aliphatic carbocycles. The Kier molecular flexibility index (Phi) is 5.34. The molecule has 25 heavy (non-hydrogen) atoms. The number of aryl methyl sites for hydroxylation is 1. The van der Waals surface area contributed by atoms with Gasteiger partial charge in [0.05, 0.1) is 11.3 Å². The molecule has 0 bridgehead atoms. The Morgan fingerprint density at radius 3 is 2.76 bits per heavy atom. The van der Waals surface area contributed by atoms with E-state index in [9.17, 15) is 14.0 Å². The average Bonchev–Trinajstić information content (AvgIpc) is 2.92. The van der Waals surface area contributed by atoms with Crippen molar-refractivity contribution in [1.29, 1.82) is 0 Å². The van der Waals surface area contributed by atoms with Crippen LogP contribution in [0.1, 0.15) is 34.5 Å². The number of aliphatic carboxylic acids is 1. The van der Waals surface area contributed by atoms with Crippen LogP contribution >= 0.6 is 11.3 Å². The molecule has 0 spiro atoms. The molecule has 1 aliphatic rings. The first-order valence-corrected chi connectivity index (χ1v) is 9.08. The van der Waals surface area contributed by atoms with Crippen LogP contribution in [0.15, 0.2) is 18.2 Å². The summed E-state index contributed by atoms with van der Waals surface area (Å²) in [6.45, 7) is 3.11. The van der Waals surface area contributed by atoms with Crippen LogP contribution in [0, 0.1) is 12.7 Å². The zero-order valence-corrected chi connectivity index (χ0v) is 14.8. The van der Waals surface area contributed by atoms with E-state index in [-0.39, 0.29) is 30.7 Å². The number of fused-ring (bicyclic) bond motifs is 1. The first-order valence-electron chi connectivity index (χ1n) is 8.26. The molecule has 5 nitrogen and oxygen atoms in total. The molecule has 1 aliphatic heterocycles. The number of rotatable bonds is 5. The second-order valence-corrected chi connectivity index (χ2v) is 7.23. The number of benzene rings is 1. The van der Waals surface area contributed by atoms with E-state index in [0.29, 0.717) is 30.9 Å². The molecule has 7 heteroatoms. The van der Waals surface area contributed by atoms with Crippen LogP contribution in [0.25, 0.3) is 10.1 Å². The molecule has 1 aromatic carbocycles. The Morgan fingerprint density at radius 1 is 1.36 bits per heavy atom. The van der Waals surface area contributed by atoms with Crippen molar-refractivity contribution in [2.75, 3.05) is 19.8 Å². The number of halogens is 1. The molecule has 2 heterocycles. The second-order valence-electron chi connectivity index (χ2n) is 6.18. The van der Waals surface area contributed by atoms with E-state index in [1.807, 2.05) is 6.92 Å². The van der Waals surface area contributed by atoms with Crippen LogP contribution < -0.4 is 0 Å². The average molecular weight is 365 g/mol. The number of hydrogen-bond donors (Lipinski definition) is 1. The molecule has 0 radical (unpaired) electrons. The summed E-state index contributed by atoms with van der Waals surface area (Å²) in [5.41, 5.74) is 0.747. The molecule has 134 valence electrons. The lowest BCUT2D eigenvalue weighted by Gasteiger charge is -2.34. The van der Waals surface area contributed by atoms with Gasteiger partial charge in [0.1, 0.15) is 5.82 Å². The summed E-state index contributed by atoms with van der Waals surface area (Å²) in [5.74, 6) is -1.44. The van der Waals surface area contributed by atoms with Gasteiger partial charge in [0.25, 0.3) is 5.91 Å². The number of carbonyl (C=O) groups is 2. The van der Waals surface area contributed by atoms with E-state index in [1.54, 1.807) is 11.0 Å². The van der Waals surface area contributed by atoms with Crippen molar-refractivity contribution in [2.24, 2.45) is 0 Å². The van der Waals surface area contributed by atoms with Gasteiger partial charge >= 0.3 is 5.97 Å². The highest BCUT2D eigenvalue weighted by Gasteiger charge is 2.29. The lowest BCUT2D eigenvalue weighted by molar-refractivity contribution is -0.137. The molecule has 1 fully saturated rings. The summed E-state index contributed by atoms with van der Waals surface area (Å²) in [5, 5.41) is 9.75. The van der Waals surface area contributed by atoms with Gasteiger partial charge in [0, 0.05) is 30.5 Å². The van der Waals surface area contributed by atoms with E-state index in [2.05, 4.69) is 0 Å². The minimum atomic E-state index is -0.931. The number of thiophene rings is 1. The number of nitrogens with zero attached hydrogens (tertiary/aromatic N) is 1. The fourth-order valence-electron chi connectivity index (χ4n) is 3.19. The summed E-state index contributed by atoms with van der Waals surface area (Å²) in [6, 6.07) is 4.47. The molecule has 0 atom stereocenters.